The van der Waals surface area contributed by atoms with Crippen molar-refractivity contribution in [1.29, 1.82) is 0 Å². The van der Waals surface area contributed by atoms with Gasteiger partial charge in [0.25, 0.3) is 0 Å². The van der Waals surface area contributed by atoms with Crippen LogP contribution in [-0.4, -0.2) is 44.7 Å². The number of hydrogen-bond acceptors (Lipinski definition) is 7. The van der Waals surface area contributed by atoms with Crippen LogP contribution in [0.1, 0.15) is 80.1 Å². The maximum Gasteiger partial charge on any atom is 0.190 e. The lowest BCUT2D eigenvalue weighted by Gasteiger charge is -2.61. The lowest BCUT2D eigenvalue weighted by atomic mass is 9.40. The molecule has 0 amide bonds. The zero-order valence-corrected chi connectivity index (χ0v) is 25.2. The number of aromatic hydroxyl groups is 1. The molecule has 0 aliphatic heterocycles. The molecule has 0 bridgehead atoms. The van der Waals surface area contributed by atoms with Gasteiger partial charge in [-0.1, -0.05) is 63.6 Å². The second-order valence-corrected chi connectivity index (χ2v) is 13.8. The quantitative estimate of drug-likeness (QED) is 0.486. The van der Waals surface area contributed by atoms with Crippen molar-refractivity contribution in [2.75, 3.05) is 0 Å². The van der Waals surface area contributed by atoms with Gasteiger partial charge in [-0.3, -0.25) is 24.0 Å². The summed E-state index contributed by atoms with van der Waals surface area (Å²) in [6.45, 7) is 10.1. The molecule has 0 radical (unpaired) electrons. The van der Waals surface area contributed by atoms with E-state index in [1.54, 1.807) is 20.8 Å². The number of phenols is 1. The van der Waals surface area contributed by atoms with E-state index in [4.69, 9.17) is 0 Å². The Kier molecular flexibility index (Phi) is 7.20. The summed E-state index contributed by atoms with van der Waals surface area (Å²) in [6.07, 6.45) is 2.64. The van der Waals surface area contributed by atoms with Crippen molar-refractivity contribution >= 4 is 28.9 Å². The molecule has 42 heavy (non-hydrogen) atoms. The van der Waals surface area contributed by atoms with Crippen LogP contribution in [0, 0.1) is 41.4 Å². The Morgan fingerprint density at radius 1 is 0.976 bits per heavy atom. The van der Waals surface area contributed by atoms with Crippen molar-refractivity contribution in [3.63, 3.8) is 0 Å². The van der Waals surface area contributed by atoms with Gasteiger partial charge in [-0.25, -0.2) is 0 Å². The minimum absolute atomic E-state index is 0.0570. The molecular weight excluding hydrogens is 532 g/mol. The first-order valence-corrected chi connectivity index (χ1v) is 14.9. The maximum atomic E-state index is 14.4. The van der Waals surface area contributed by atoms with Gasteiger partial charge >= 0.3 is 0 Å². The van der Waals surface area contributed by atoms with Gasteiger partial charge in [-0.05, 0) is 80.0 Å². The summed E-state index contributed by atoms with van der Waals surface area (Å²) in [5.74, 6) is -8.69. The topological polar surface area (TPSA) is 126 Å². The summed E-state index contributed by atoms with van der Waals surface area (Å²) in [7, 11) is 0. The van der Waals surface area contributed by atoms with Gasteiger partial charge in [0.2, 0.25) is 0 Å². The summed E-state index contributed by atoms with van der Waals surface area (Å²) in [4.78, 5) is 68.4. The predicted octanol–water partition coefficient (Wildman–Crippen LogP) is 4.58. The molecule has 2 aromatic rings. The number of rotatable bonds is 6. The van der Waals surface area contributed by atoms with Gasteiger partial charge in [-0.2, -0.15) is 0 Å². The predicted molar refractivity (Wildman–Crippen MR) is 156 cm³/mol. The Balaban J connectivity index is 1.58. The van der Waals surface area contributed by atoms with Crippen LogP contribution in [0.2, 0.25) is 0 Å². The van der Waals surface area contributed by atoms with Gasteiger partial charge < -0.3 is 10.2 Å². The molecule has 2 saturated carbocycles. The summed E-state index contributed by atoms with van der Waals surface area (Å²) < 4.78 is 0. The monoisotopic (exact) mass is 572 g/mol. The summed E-state index contributed by atoms with van der Waals surface area (Å²) in [5.41, 5.74) is -1.15. The van der Waals surface area contributed by atoms with E-state index in [1.807, 2.05) is 19.9 Å². The Morgan fingerprint density at radius 3 is 2.21 bits per heavy atom. The summed E-state index contributed by atoms with van der Waals surface area (Å²) in [5, 5.41) is 23.0. The van der Waals surface area contributed by atoms with E-state index in [2.05, 4.69) is 24.3 Å². The van der Waals surface area contributed by atoms with Crippen LogP contribution in [0.5, 0.6) is 5.75 Å². The van der Waals surface area contributed by atoms with E-state index in [1.165, 1.54) is 17.2 Å². The summed E-state index contributed by atoms with van der Waals surface area (Å²) in [6, 6.07) is 11.6. The molecule has 3 unspecified atom stereocenters. The number of benzene rings is 2. The fourth-order valence-electron chi connectivity index (χ4n) is 8.67. The van der Waals surface area contributed by atoms with E-state index in [-0.39, 0.29) is 30.1 Å². The number of hydrogen-bond donors (Lipinski definition) is 2. The van der Waals surface area contributed by atoms with E-state index in [0.717, 1.165) is 25.3 Å². The molecule has 6 atom stereocenters. The molecule has 2 aromatic carbocycles. The number of Topliss-reactive ketones (excluding diaryl/α,β-unsaturated/α-hetero) is 5. The van der Waals surface area contributed by atoms with Crippen LogP contribution in [0.4, 0.5) is 0 Å². The minimum Gasteiger partial charge on any atom is -0.507 e. The zero-order valence-electron chi connectivity index (χ0n) is 25.2. The SMILES string of the molecule is CC(=O)C1C(=O)C(C(C)C)[C@@]2(C)C[C@@]3(C)Cc4c(CCCc5ccc(C)cc5)ccc(O)c4C(=O)C3C(=O)[C@@]2(O)C1=O. The number of phenolic OH excluding ortho intramolecular Hbond substituents is 1. The Labute approximate surface area is 246 Å². The third kappa shape index (κ3) is 4.15. The average molecular weight is 573 g/mol. The van der Waals surface area contributed by atoms with Crippen molar-refractivity contribution in [1.82, 2.24) is 0 Å². The van der Waals surface area contributed by atoms with E-state index in [9.17, 15) is 34.2 Å². The average Bonchev–Trinajstić information content (AvgIpc) is 2.88. The van der Waals surface area contributed by atoms with E-state index < -0.39 is 63.1 Å². The standard InChI is InChI=1S/C35H40O7/c1-18(2)27-29(38)25(20(4)36)31(40)35(42)32(41)28-30(39)26-23(16-33(28,5)17-34(27,35)6)22(14-15-24(26)37)9-7-8-21-12-10-19(3)11-13-21/h10-15,18,25,27-28,37,42H,7-9,16-17H2,1-6H3/t25?,27?,28?,33-,34-,35+/m1/s1. The molecular formula is C35H40O7. The van der Waals surface area contributed by atoms with Crippen molar-refractivity contribution in [2.24, 2.45) is 34.5 Å². The number of fused-ring (bicyclic) bond motifs is 3. The third-order valence-corrected chi connectivity index (χ3v) is 10.4. The van der Waals surface area contributed by atoms with Crippen molar-refractivity contribution in [3.8, 4) is 5.75 Å². The minimum atomic E-state index is -2.68. The molecule has 0 saturated heterocycles. The van der Waals surface area contributed by atoms with Crippen LogP contribution in [0.25, 0.3) is 0 Å². The van der Waals surface area contributed by atoms with Gasteiger partial charge in [0.05, 0.1) is 11.5 Å². The Morgan fingerprint density at radius 2 is 1.62 bits per heavy atom. The second-order valence-electron chi connectivity index (χ2n) is 13.8. The first-order chi connectivity index (χ1) is 19.6. The number of aryl methyl sites for hydroxylation is 3. The van der Waals surface area contributed by atoms with Crippen LogP contribution in [0.15, 0.2) is 36.4 Å². The van der Waals surface area contributed by atoms with E-state index >= 15 is 0 Å². The Hall–Kier alpha value is -3.45. The zero-order chi connectivity index (χ0) is 30.9. The number of ketones is 5. The van der Waals surface area contributed by atoms with Gasteiger partial charge in [0.1, 0.15) is 17.5 Å². The van der Waals surface area contributed by atoms with Gasteiger partial charge in [-0.15, -0.1) is 0 Å². The molecule has 7 heteroatoms. The largest absolute Gasteiger partial charge is 0.507 e. The molecule has 0 aromatic heterocycles. The number of aliphatic hydroxyl groups is 1. The first kappa shape index (κ1) is 30.0. The van der Waals surface area contributed by atoms with E-state index in [0.29, 0.717) is 12.0 Å². The molecule has 0 spiro atoms. The molecule has 222 valence electrons. The normalized spacial score (nSPS) is 32.4. The highest BCUT2D eigenvalue weighted by Gasteiger charge is 2.76. The molecule has 3 aliphatic carbocycles. The smallest absolute Gasteiger partial charge is 0.190 e. The molecule has 2 fully saturated rings. The fourth-order valence-corrected chi connectivity index (χ4v) is 8.67. The highest BCUT2D eigenvalue weighted by molar-refractivity contribution is 6.32. The van der Waals surface area contributed by atoms with Crippen LogP contribution in [-0.2, 0) is 38.4 Å². The first-order valence-electron chi connectivity index (χ1n) is 14.9. The van der Waals surface area contributed by atoms with Crippen LogP contribution >= 0.6 is 0 Å². The molecule has 3 aliphatic rings. The lowest BCUT2D eigenvalue weighted by Crippen LogP contribution is -2.76. The molecule has 7 nitrogen and oxygen atoms in total. The third-order valence-electron chi connectivity index (χ3n) is 10.4. The maximum absolute atomic E-state index is 14.4. The molecule has 2 N–H and O–H groups in total. The van der Waals surface area contributed by atoms with Gasteiger partial charge in [0, 0.05) is 11.3 Å². The van der Waals surface area contributed by atoms with Crippen LogP contribution < -0.4 is 0 Å². The fraction of sp³-hybridized carbons (Fsp3) is 0.514. The van der Waals surface area contributed by atoms with Crippen molar-refractivity contribution in [2.45, 2.75) is 79.2 Å². The highest BCUT2D eigenvalue weighted by atomic mass is 16.3. The summed E-state index contributed by atoms with van der Waals surface area (Å²) >= 11 is 0. The number of carbonyl (C=O) groups is 5. The molecule has 5 rings (SSSR count). The van der Waals surface area contributed by atoms with Crippen molar-refractivity contribution in [3.05, 3.63) is 64.2 Å². The second kappa shape index (κ2) is 10.1. The lowest BCUT2D eigenvalue weighted by molar-refractivity contribution is -0.205. The van der Waals surface area contributed by atoms with Crippen molar-refractivity contribution < 1.29 is 34.2 Å². The van der Waals surface area contributed by atoms with Gasteiger partial charge in [0.15, 0.2) is 28.7 Å². The Bertz CT molecular complexity index is 1520. The highest BCUT2D eigenvalue weighted by Crippen LogP contribution is 2.63. The molecule has 0 heterocycles. The number of carbonyl (C=O) groups excluding carboxylic acids is 5. The van der Waals surface area contributed by atoms with Crippen LogP contribution in [0.3, 0.4) is 0 Å².